The van der Waals surface area contributed by atoms with Gasteiger partial charge >= 0.3 is 0 Å². The van der Waals surface area contributed by atoms with Gasteiger partial charge in [-0.05, 0) is 22.4 Å². The molecule has 2 aromatic rings. The van der Waals surface area contributed by atoms with E-state index in [1.165, 1.54) is 0 Å². The highest BCUT2D eigenvalue weighted by Crippen LogP contribution is 2.39. The molecule has 2 atom stereocenters. The molecule has 8 heteroatoms. The van der Waals surface area contributed by atoms with Crippen LogP contribution < -0.4 is 16.0 Å². The van der Waals surface area contributed by atoms with Crippen LogP contribution in [0.25, 0.3) is 11.0 Å². The van der Waals surface area contributed by atoms with Crippen LogP contribution in [0.3, 0.4) is 0 Å². The predicted molar refractivity (Wildman–Crippen MR) is 103 cm³/mol. The first-order valence-corrected chi connectivity index (χ1v) is 9.21. The minimum atomic E-state index is -0.0978. The summed E-state index contributed by atoms with van der Waals surface area (Å²) in [4.78, 5) is 21.9. The van der Waals surface area contributed by atoms with E-state index in [0.29, 0.717) is 6.54 Å². The molecule has 4 N–H and O–H groups in total. The fourth-order valence-corrected chi connectivity index (χ4v) is 3.75. The van der Waals surface area contributed by atoms with Crippen LogP contribution in [0.2, 0.25) is 0 Å². The Balaban J connectivity index is 2.01. The third-order valence-electron chi connectivity index (χ3n) is 4.62. The van der Waals surface area contributed by atoms with Gasteiger partial charge in [0.25, 0.3) is 0 Å². The number of pyridine rings is 1. The van der Waals surface area contributed by atoms with Crippen LogP contribution in [-0.4, -0.2) is 48.2 Å². The first-order valence-electron chi connectivity index (χ1n) is 8.42. The Hall–Kier alpha value is -1.64. The highest BCUT2D eigenvalue weighted by Gasteiger charge is 2.29. The molecule has 1 saturated heterocycles. The molecule has 0 unspecified atom stereocenters. The third-order valence-corrected chi connectivity index (χ3v) is 5.20. The molecule has 0 aromatic carbocycles. The van der Waals surface area contributed by atoms with Gasteiger partial charge in [0, 0.05) is 44.6 Å². The smallest absolute Gasteiger partial charge is 0.226 e. The molecule has 0 radical (unpaired) electrons. The second-order valence-electron chi connectivity index (χ2n) is 6.70. The lowest BCUT2D eigenvalue weighted by Crippen LogP contribution is -2.52. The molecule has 0 aliphatic carbocycles. The van der Waals surface area contributed by atoms with Gasteiger partial charge in [0.05, 0.1) is 27.3 Å². The number of nitrogens with zero attached hydrogens (tertiary/aromatic N) is 2. The zero-order valence-electron chi connectivity index (χ0n) is 14.7. The summed E-state index contributed by atoms with van der Waals surface area (Å²) in [5.74, 6) is -0.124. The van der Waals surface area contributed by atoms with Gasteiger partial charge < -0.3 is 25.7 Å². The number of carbonyl (C=O) groups is 1. The van der Waals surface area contributed by atoms with Gasteiger partial charge in [-0.2, -0.15) is 0 Å². The molecule has 1 amide bonds. The fourth-order valence-electron chi connectivity index (χ4n) is 3.20. The Bertz CT molecular complexity index is 776. The Morgan fingerprint density at radius 3 is 2.96 bits per heavy atom. The second kappa shape index (κ2) is 7.31. The number of amides is 1. The maximum Gasteiger partial charge on any atom is 0.226 e. The van der Waals surface area contributed by atoms with Gasteiger partial charge in [0.1, 0.15) is 5.65 Å². The summed E-state index contributed by atoms with van der Waals surface area (Å²) in [6.07, 6.45) is 4.48. The van der Waals surface area contributed by atoms with Crippen molar-refractivity contribution in [3.63, 3.8) is 0 Å². The minimum Gasteiger partial charge on any atom is -0.380 e. The number of piperidine rings is 1. The summed E-state index contributed by atoms with van der Waals surface area (Å²) < 4.78 is 6.33. The van der Waals surface area contributed by atoms with Crippen molar-refractivity contribution in [2.75, 3.05) is 30.4 Å². The standard InChI is InChI=1S/C17H24BrN5O2/c1-9(2)17(24)22-12-7-21-16-14(12)15(10(18)6-20-16)23-5-4-13(25-3)11(19)8-23/h6-7,9,11,13H,4-5,8,19H2,1-3H3,(H,20,21)(H,22,24)/t11-,13-/m0/s1. The topological polar surface area (TPSA) is 96.3 Å². The summed E-state index contributed by atoms with van der Waals surface area (Å²) in [5.41, 5.74) is 8.74. The largest absolute Gasteiger partial charge is 0.380 e. The molecule has 0 bridgehead atoms. The number of methoxy groups -OCH3 is 1. The molecule has 25 heavy (non-hydrogen) atoms. The SMILES string of the molecule is CO[C@H]1CCN(c2c(Br)cnc3[nH]cc(NC(=O)C(C)C)c23)C[C@@H]1N. The van der Waals surface area contributed by atoms with Gasteiger partial charge in [-0.15, -0.1) is 0 Å². The number of hydrogen-bond donors (Lipinski definition) is 3. The van der Waals surface area contributed by atoms with Gasteiger partial charge in [0.15, 0.2) is 0 Å². The first kappa shape index (κ1) is 18.2. The summed E-state index contributed by atoms with van der Waals surface area (Å²) in [5, 5.41) is 3.88. The summed E-state index contributed by atoms with van der Waals surface area (Å²) in [7, 11) is 1.70. The lowest BCUT2D eigenvalue weighted by atomic mass is 10.0. The number of nitrogens with two attached hydrogens (primary N) is 1. The van der Waals surface area contributed by atoms with Gasteiger partial charge in [-0.1, -0.05) is 13.8 Å². The molecule has 2 aromatic heterocycles. The maximum atomic E-state index is 12.2. The van der Waals surface area contributed by atoms with E-state index >= 15 is 0 Å². The van der Waals surface area contributed by atoms with E-state index in [-0.39, 0.29) is 24.0 Å². The van der Waals surface area contributed by atoms with Crippen LogP contribution in [0.15, 0.2) is 16.9 Å². The maximum absolute atomic E-state index is 12.2. The number of nitrogens with one attached hydrogen (secondary N) is 2. The van der Waals surface area contributed by atoms with Crippen LogP contribution in [0, 0.1) is 5.92 Å². The van der Waals surface area contributed by atoms with Gasteiger partial charge in [-0.3, -0.25) is 4.79 Å². The highest BCUT2D eigenvalue weighted by molar-refractivity contribution is 9.10. The minimum absolute atomic E-state index is 0.0263. The molecule has 3 rings (SSSR count). The highest BCUT2D eigenvalue weighted by atomic mass is 79.9. The van der Waals surface area contributed by atoms with E-state index in [0.717, 1.165) is 39.8 Å². The number of H-pyrrole nitrogens is 1. The molecule has 0 spiro atoms. The Morgan fingerprint density at radius 1 is 1.56 bits per heavy atom. The number of fused-ring (bicyclic) bond motifs is 1. The normalized spacial score (nSPS) is 21.1. The third kappa shape index (κ3) is 3.51. The fraction of sp³-hybridized carbons (Fsp3) is 0.529. The van der Waals surface area contributed by atoms with E-state index in [2.05, 4.69) is 36.1 Å². The Labute approximate surface area is 155 Å². The number of aromatic nitrogens is 2. The Morgan fingerprint density at radius 2 is 2.32 bits per heavy atom. The van der Waals surface area contributed by atoms with Gasteiger partial charge in [0.2, 0.25) is 5.91 Å². The van der Waals surface area contributed by atoms with E-state index in [4.69, 9.17) is 10.5 Å². The van der Waals surface area contributed by atoms with Crippen LogP contribution in [0.5, 0.6) is 0 Å². The van der Waals surface area contributed by atoms with E-state index in [9.17, 15) is 4.79 Å². The average molecular weight is 410 g/mol. The van der Waals surface area contributed by atoms with Crippen molar-refractivity contribution >= 4 is 44.2 Å². The predicted octanol–water partition coefficient (Wildman–Crippen LogP) is 2.47. The molecular weight excluding hydrogens is 386 g/mol. The van der Waals surface area contributed by atoms with Crippen molar-refractivity contribution in [1.29, 1.82) is 0 Å². The van der Waals surface area contributed by atoms with Crippen molar-refractivity contribution < 1.29 is 9.53 Å². The number of carbonyl (C=O) groups excluding carboxylic acids is 1. The zero-order valence-corrected chi connectivity index (χ0v) is 16.3. The van der Waals surface area contributed by atoms with Crippen LogP contribution >= 0.6 is 15.9 Å². The summed E-state index contributed by atoms with van der Waals surface area (Å²) in [6.45, 7) is 5.24. The van der Waals surface area contributed by atoms with Crippen LogP contribution in [0.1, 0.15) is 20.3 Å². The van der Waals surface area contributed by atoms with E-state index < -0.39 is 0 Å². The second-order valence-corrected chi connectivity index (χ2v) is 7.55. The molecule has 136 valence electrons. The molecule has 7 nitrogen and oxygen atoms in total. The molecule has 1 fully saturated rings. The molecule has 1 aliphatic heterocycles. The monoisotopic (exact) mass is 409 g/mol. The van der Waals surface area contributed by atoms with Crippen molar-refractivity contribution in [1.82, 2.24) is 9.97 Å². The van der Waals surface area contributed by atoms with E-state index in [1.54, 1.807) is 19.5 Å². The number of anilines is 2. The molecule has 1 aliphatic rings. The lowest BCUT2D eigenvalue weighted by molar-refractivity contribution is -0.118. The van der Waals surface area contributed by atoms with Crippen molar-refractivity contribution in [3.05, 3.63) is 16.9 Å². The number of ether oxygens (including phenoxy) is 1. The molecule has 0 saturated carbocycles. The van der Waals surface area contributed by atoms with E-state index in [1.807, 2.05) is 13.8 Å². The lowest BCUT2D eigenvalue weighted by Gasteiger charge is -2.38. The quantitative estimate of drug-likeness (QED) is 0.720. The number of rotatable bonds is 4. The zero-order chi connectivity index (χ0) is 18.1. The van der Waals surface area contributed by atoms with Crippen molar-refractivity contribution in [2.45, 2.75) is 32.4 Å². The molecule has 3 heterocycles. The number of halogens is 1. The summed E-state index contributed by atoms with van der Waals surface area (Å²) in [6, 6.07) is -0.0680. The van der Waals surface area contributed by atoms with Gasteiger partial charge in [-0.25, -0.2) is 4.98 Å². The number of hydrogen-bond acceptors (Lipinski definition) is 5. The van der Waals surface area contributed by atoms with Crippen LogP contribution in [0.4, 0.5) is 11.4 Å². The molecular formula is C17H24BrN5O2. The van der Waals surface area contributed by atoms with Crippen LogP contribution in [-0.2, 0) is 9.53 Å². The van der Waals surface area contributed by atoms with Crippen molar-refractivity contribution in [2.24, 2.45) is 11.7 Å². The summed E-state index contributed by atoms with van der Waals surface area (Å²) >= 11 is 3.62. The Kier molecular flexibility index (Phi) is 5.31. The number of aromatic amines is 1. The van der Waals surface area contributed by atoms with Crippen molar-refractivity contribution in [3.8, 4) is 0 Å². The average Bonchev–Trinajstić information content (AvgIpc) is 2.97. The first-order chi connectivity index (χ1) is 11.9.